The van der Waals surface area contributed by atoms with Gasteiger partial charge < -0.3 is 9.64 Å². The Labute approximate surface area is 219 Å². The number of ether oxygens (including phenoxy) is 1. The van der Waals surface area contributed by atoms with E-state index in [9.17, 15) is 4.79 Å². The van der Waals surface area contributed by atoms with E-state index in [0.717, 1.165) is 54.6 Å². The van der Waals surface area contributed by atoms with Crippen LogP contribution in [0.4, 0.5) is 11.5 Å². The molecule has 3 aromatic carbocycles. The van der Waals surface area contributed by atoms with Crippen LogP contribution in [0.1, 0.15) is 11.1 Å². The number of amides is 1. The number of aromatic nitrogens is 1. The second-order valence-corrected chi connectivity index (χ2v) is 10.2. The molecule has 3 heterocycles. The van der Waals surface area contributed by atoms with Crippen molar-refractivity contribution >= 4 is 62.3 Å². The van der Waals surface area contributed by atoms with Crippen molar-refractivity contribution in [1.82, 2.24) is 9.27 Å². The summed E-state index contributed by atoms with van der Waals surface area (Å²) in [4.78, 5) is 20.2. The standard InChI is InChI=1S/C28H25ClN4O2S/c1-35-25-8-4-2-6-19(25)16-23-21-11-10-20(29)17-24(21)33(28(23)34)18-31-12-14-32(15-13-31)27-22-7-3-5-9-26(22)36-30-27/h2-11,16-17H,12-15,18H2,1H3. The van der Waals surface area contributed by atoms with Gasteiger partial charge in [-0.25, -0.2) is 0 Å². The van der Waals surface area contributed by atoms with Crippen LogP contribution in [0.25, 0.3) is 21.7 Å². The van der Waals surface area contributed by atoms with Crippen LogP contribution >= 0.6 is 23.1 Å². The molecule has 36 heavy (non-hydrogen) atoms. The third-order valence-corrected chi connectivity index (χ3v) is 7.88. The van der Waals surface area contributed by atoms with E-state index in [1.54, 1.807) is 18.6 Å². The van der Waals surface area contributed by atoms with Crippen LogP contribution in [0.2, 0.25) is 5.02 Å². The van der Waals surface area contributed by atoms with Gasteiger partial charge in [-0.1, -0.05) is 48.0 Å². The Morgan fingerprint density at radius 2 is 1.81 bits per heavy atom. The van der Waals surface area contributed by atoms with Crippen molar-refractivity contribution in [2.24, 2.45) is 0 Å². The van der Waals surface area contributed by atoms with Crippen molar-refractivity contribution in [2.45, 2.75) is 0 Å². The molecule has 6 nitrogen and oxygen atoms in total. The van der Waals surface area contributed by atoms with Crippen LogP contribution in [0.15, 0.2) is 66.7 Å². The molecule has 1 saturated heterocycles. The molecule has 2 aliphatic heterocycles. The second kappa shape index (κ2) is 9.58. The van der Waals surface area contributed by atoms with Gasteiger partial charge in [0, 0.05) is 53.3 Å². The summed E-state index contributed by atoms with van der Waals surface area (Å²) in [5.41, 5.74) is 3.26. The first kappa shape index (κ1) is 23.0. The number of rotatable bonds is 5. The van der Waals surface area contributed by atoms with Crippen LogP contribution < -0.4 is 14.5 Å². The van der Waals surface area contributed by atoms with Crippen LogP contribution in [0.5, 0.6) is 5.75 Å². The minimum atomic E-state index is -0.0221. The molecule has 182 valence electrons. The molecule has 0 aliphatic carbocycles. The van der Waals surface area contributed by atoms with E-state index >= 15 is 0 Å². The highest BCUT2D eigenvalue weighted by molar-refractivity contribution is 7.13. The predicted octanol–water partition coefficient (Wildman–Crippen LogP) is 5.63. The Morgan fingerprint density at radius 3 is 2.64 bits per heavy atom. The van der Waals surface area contributed by atoms with Crippen molar-refractivity contribution in [3.63, 3.8) is 0 Å². The number of para-hydroxylation sites is 1. The normalized spacial score (nSPS) is 17.3. The van der Waals surface area contributed by atoms with Gasteiger partial charge in [0.25, 0.3) is 5.91 Å². The maximum atomic E-state index is 13.7. The van der Waals surface area contributed by atoms with Gasteiger partial charge in [-0.05, 0) is 47.9 Å². The number of halogens is 1. The maximum absolute atomic E-state index is 13.7. The largest absolute Gasteiger partial charge is 0.496 e. The van der Waals surface area contributed by atoms with E-state index in [-0.39, 0.29) is 5.91 Å². The summed E-state index contributed by atoms with van der Waals surface area (Å²) >= 11 is 7.90. The molecule has 0 radical (unpaired) electrons. The third-order valence-electron chi connectivity index (χ3n) is 6.83. The minimum Gasteiger partial charge on any atom is -0.496 e. The topological polar surface area (TPSA) is 48.9 Å². The van der Waals surface area contributed by atoms with Gasteiger partial charge in [0.05, 0.1) is 24.2 Å². The van der Waals surface area contributed by atoms with E-state index in [1.165, 1.54) is 10.1 Å². The molecule has 6 rings (SSSR count). The summed E-state index contributed by atoms with van der Waals surface area (Å²) < 4.78 is 11.4. The quantitative estimate of drug-likeness (QED) is 0.322. The van der Waals surface area contributed by atoms with Crippen molar-refractivity contribution in [2.75, 3.05) is 49.8 Å². The Morgan fingerprint density at radius 1 is 1.03 bits per heavy atom. The average Bonchev–Trinajstić information content (AvgIpc) is 3.44. The molecule has 0 N–H and O–H groups in total. The van der Waals surface area contributed by atoms with Gasteiger partial charge in [-0.15, -0.1) is 0 Å². The number of methoxy groups -OCH3 is 1. The summed E-state index contributed by atoms with van der Waals surface area (Å²) in [5.74, 6) is 1.77. The molecule has 1 fully saturated rings. The van der Waals surface area contributed by atoms with E-state index in [0.29, 0.717) is 17.3 Å². The monoisotopic (exact) mass is 516 g/mol. The van der Waals surface area contributed by atoms with Crippen LogP contribution in [-0.4, -0.2) is 55.1 Å². The maximum Gasteiger partial charge on any atom is 0.260 e. The lowest BCUT2D eigenvalue weighted by atomic mass is 10.0. The number of carbonyl (C=O) groups is 1. The van der Waals surface area contributed by atoms with E-state index in [4.69, 9.17) is 20.7 Å². The highest BCUT2D eigenvalue weighted by Gasteiger charge is 2.34. The Balaban J connectivity index is 1.23. The van der Waals surface area contributed by atoms with Crippen LogP contribution in [0.3, 0.4) is 0 Å². The van der Waals surface area contributed by atoms with Gasteiger partial charge in [0.15, 0.2) is 0 Å². The van der Waals surface area contributed by atoms with Gasteiger partial charge in [-0.2, -0.15) is 4.37 Å². The average molecular weight is 517 g/mol. The van der Waals surface area contributed by atoms with Crippen LogP contribution in [-0.2, 0) is 4.79 Å². The number of anilines is 2. The Bertz CT molecular complexity index is 1480. The number of fused-ring (bicyclic) bond motifs is 2. The fourth-order valence-electron chi connectivity index (χ4n) is 4.95. The summed E-state index contributed by atoms with van der Waals surface area (Å²) in [6, 6.07) is 21.7. The van der Waals surface area contributed by atoms with Crippen molar-refractivity contribution in [3.8, 4) is 5.75 Å². The second-order valence-electron chi connectivity index (χ2n) is 8.94. The molecule has 0 unspecified atom stereocenters. The number of carbonyl (C=O) groups excluding carboxylic acids is 1. The summed E-state index contributed by atoms with van der Waals surface area (Å²) in [6.45, 7) is 3.93. The first-order valence-electron chi connectivity index (χ1n) is 11.9. The SMILES string of the molecule is COc1ccccc1C=C1C(=O)N(CN2CCN(c3nsc4ccccc34)CC2)c2cc(Cl)ccc21. The number of hydrogen-bond donors (Lipinski definition) is 0. The van der Waals surface area contributed by atoms with E-state index < -0.39 is 0 Å². The fraction of sp³-hybridized carbons (Fsp3) is 0.214. The van der Waals surface area contributed by atoms with Gasteiger partial charge >= 0.3 is 0 Å². The van der Waals surface area contributed by atoms with Crippen molar-refractivity contribution in [1.29, 1.82) is 0 Å². The molecule has 0 saturated carbocycles. The summed E-state index contributed by atoms with van der Waals surface area (Å²) in [7, 11) is 1.64. The number of hydrogen-bond acceptors (Lipinski definition) is 6. The molecule has 8 heteroatoms. The van der Waals surface area contributed by atoms with Gasteiger partial charge in [0.2, 0.25) is 0 Å². The van der Waals surface area contributed by atoms with Gasteiger partial charge in [0.1, 0.15) is 11.6 Å². The highest BCUT2D eigenvalue weighted by atomic mass is 35.5. The molecule has 0 spiro atoms. The molecule has 0 atom stereocenters. The zero-order chi connectivity index (χ0) is 24.6. The number of nitrogens with zero attached hydrogens (tertiary/aromatic N) is 4. The summed E-state index contributed by atoms with van der Waals surface area (Å²) in [5, 5.41) is 1.82. The zero-order valence-corrected chi connectivity index (χ0v) is 21.4. The fourth-order valence-corrected chi connectivity index (χ4v) is 5.91. The first-order chi connectivity index (χ1) is 17.6. The first-order valence-corrected chi connectivity index (χ1v) is 13.1. The lowest BCUT2D eigenvalue weighted by molar-refractivity contribution is -0.113. The van der Waals surface area contributed by atoms with Gasteiger partial charge in [-0.3, -0.25) is 14.6 Å². The van der Waals surface area contributed by atoms with Crippen molar-refractivity contribution in [3.05, 3.63) is 82.9 Å². The number of piperazine rings is 1. The minimum absolute atomic E-state index is 0.0221. The third kappa shape index (κ3) is 4.13. The molecule has 0 bridgehead atoms. The van der Waals surface area contributed by atoms with E-state index in [1.807, 2.05) is 53.4 Å². The van der Waals surface area contributed by atoms with Crippen LogP contribution in [0, 0.1) is 0 Å². The zero-order valence-electron chi connectivity index (χ0n) is 19.9. The molecular formula is C28H25ClN4O2S. The summed E-state index contributed by atoms with van der Waals surface area (Å²) in [6.07, 6.45) is 1.92. The Hall–Kier alpha value is -3.39. The highest BCUT2D eigenvalue weighted by Crippen LogP contribution is 2.40. The molecule has 1 amide bonds. The molecule has 1 aromatic heterocycles. The van der Waals surface area contributed by atoms with Crippen molar-refractivity contribution < 1.29 is 9.53 Å². The van der Waals surface area contributed by atoms with E-state index in [2.05, 4.69) is 34.1 Å². The molecular weight excluding hydrogens is 492 g/mol. The smallest absolute Gasteiger partial charge is 0.260 e. The lowest BCUT2D eigenvalue weighted by Gasteiger charge is -2.37. The molecule has 2 aliphatic rings. The number of benzene rings is 3. The molecule has 4 aromatic rings. The predicted molar refractivity (Wildman–Crippen MR) is 148 cm³/mol. The lowest BCUT2D eigenvalue weighted by Crippen LogP contribution is -2.50. The Kier molecular flexibility index (Phi) is 6.13.